The Kier molecular flexibility index (Phi) is 3.97. The second-order valence-corrected chi connectivity index (χ2v) is 6.09. The Balaban J connectivity index is 2.02. The Morgan fingerprint density at radius 2 is 1.86 bits per heavy atom. The van der Waals surface area contributed by atoms with Crippen LogP contribution in [0.3, 0.4) is 0 Å². The Morgan fingerprint density at radius 1 is 1.10 bits per heavy atom. The van der Waals surface area contributed by atoms with Crippen LogP contribution in [0.25, 0.3) is 0 Å². The van der Waals surface area contributed by atoms with Gasteiger partial charge in [0.25, 0.3) is 0 Å². The molecule has 0 amide bonds. The highest BCUT2D eigenvalue weighted by Gasteiger charge is 2.21. The van der Waals surface area contributed by atoms with Crippen molar-refractivity contribution in [3.8, 4) is 0 Å². The third kappa shape index (κ3) is 2.81. The average molecular weight is 346 g/mol. The van der Waals surface area contributed by atoms with Gasteiger partial charge in [-0.25, -0.2) is 4.79 Å². The van der Waals surface area contributed by atoms with Crippen LogP contribution in [0.4, 0.5) is 5.69 Å². The molecule has 0 aromatic heterocycles. The maximum atomic E-state index is 11.6. The number of carboxylic acid groups (broad SMARTS) is 1. The van der Waals surface area contributed by atoms with E-state index in [1.54, 1.807) is 6.07 Å². The third-order valence-electron chi connectivity index (χ3n) is 3.90. The van der Waals surface area contributed by atoms with Gasteiger partial charge in [-0.15, -0.1) is 0 Å². The fraction of sp³-hybridized carbons (Fsp3) is 0.235. The standard InChI is InChI=1S/C17H16BrNO2/c18-14-8-3-9-15(16(14)17(20)21)19-10-4-7-12-5-1-2-6-13(12)11-19/h1-3,5-6,8-9H,4,7,10-11H2,(H,20,21). The summed E-state index contributed by atoms with van der Waals surface area (Å²) in [7, 11) is 0. The zero-order valence-corrected chi connectivity index (χ0v) is 13.1. The summed E-state index contributed by atoms with van der Waals surface area (Å²) in [6.45, 7) is 1.62. The molecule has 0 spiro atoms. The first-order valence-corrected chi connectivity index (χ1v) is 7.79. The zero-order valence-electron chi connectivity index (χ0n) is 11.6. The Morgan fingerprint density at radius 3 is 2.62 bits per heavy atom. The highest BCUT2D eigenvalue weighted by Crippen LogP contribution is 2.31. The fourth-order valence-electron chi connectivity index (χ4n) is 2.89. The number of aryl methyl sites for hydroxylation is 1. The molecule has 3 rings (SSSR count). The van der Waals surface area contributed by atoms with E-state index >= 15 is 0 Å². The van der Waals surface area contributed by atoms with Crippen molar-refractivity contribution in [2.75, 3.05) is 11.4 Å². The lowest BCUT2D eigenvalue weighted by atomic mass is 10.0. The summed E-state index contributed by atoms with van der Waals surface area (Å²) in [6.07, 6.45) is 2.08. The molecule has 0 saturated heterocycles. The number of aromatic carboxylic acids is 1. The zero-order chi connectivity index (χ0) is 14.8. The van der Waals surface area contributed by atoms with Gasteiger partial charge in [-0.3, -0.25) is 0 Å². The topological polar surface area (TPSA) is 40.5 Å². The van der Waals surface area contributed by atoms with E-state index in [4.69, 9.17) is 0 Å². The SMILES string of the molecule is O=C(O)c1c(Br)cccc1N1CCCc2ccccc2C1. The van der Waals surface area contributed by atoms with E-state index in [2.05, 4.69) is 39.0 Å². The summed E-state index contributed by atoms with van der Waals surface area (Å²) in [5.74, 6) is -0.894. The van der Waals surface area contributed by atoms with Crippen molar-refractivity contribution in [3.63, 3.8) is 0 Å². The maximum absolute atomic E-state index is 11.6. The van der Waals surface area contributed by atoms with Gasteiger partial charge in [0.2, 0.25) is 0 Å². The first kappa shape index (κ1) is 14.1. The minimum atomic E-state index is -0.894. The molecular weight excluding hydrogens is 330 g/mol. The molecule has 108 valence electrons. The van der Waals surface area contributed by atoms with E-state index in [-0.39, 0.29) is 0 Å². The molecule has 0 bridgehead atoms. The molecule has 1 aliphatic heterocycles. The Labute approximate surface area is 132 Å². The third-order valence-corrected chi connectivity index (χ3v) is 4.56. The number of anilines is 1. The van der Waals surface area contributed by atoms with Gasteiger partial charge in [-0.1, -0.05) is 30.3 Å². The minimum absolute atomic E-state index is 0.344. The van der Waals surface area contributed by atoms with Crippen molar-refractivity contribution < 1.29 is 9.90 Å². The first-order valence-electron chi connectivity index (χ1n) is 7.00. The number of halogens is 1. The molecule has 0 aliphatic carbocycles. The minimum Gasteiger partial charge on any atom is -0.478 e. The molecule has 4 heteroatoms. The summed E-state index contributed by atoms with van der Waals surface area (Å²) in [4.78, 5) is 13.7. The van der Waals surface area contributed by atoms with Crippen LogP contribution in [0.15, 0.2) is 46.9 Å². The second-order valence-electron chi connectivity index (χ2n) is 5.23. The molecule has 0 fully saturated rings. The van der Waals surface area contributed by atoms with E-state index < -0.39 is 5.97 Å². The van der Waals surface area contributed by atoms with E-state index in [0.717, 1.165) is 31.6 Å². The predicted molar refractivity (Wildman–Crippen MR) is 86.9 cm³/mol. The fourth-order valence-corrected chi connectivity index (χ4v) is 3.42. The summed E-state index contributed by atoms with van der Waals surface area (Å²) < 4.78 is 0.630. The maximum Gasteiger partial charge on any atom is 0.338 e. The van der Waals surface area contributed by atoms with Gasteiger partial charge < -0.3 is 10.0 Å². The molecule has 2 aromatic rings. The number of rotatable bonds is 2. The van der Waals surface area contributed by atoms with E-state index in [1.165, 1.54) is 11.1 Å². The number of carbonyl (C=O) groups is 1. The van der Waals surface area contributed by atoms with E-state index in [0.29, 0.717) is 10.0 Å². The van der Waals surface area contributed by atoms with Crippen LogP contribution in [0.5, 0.6) is 0 Å². The van der Waals surface area contributed by atoms with Crippen molar-refractivity contribution in [1.29, 1.82) is 0 Å². The van der Waals surface area contributed by atoms with E-state index in [9.17, 15) is 9.90 Å². The summed E-state index contributed by atoms with van der Waals surface area (Å²) >= 11 is 3.36. The number of hydrogen-bond donors (Lipinski definition) is 1. The number of hydrogen-bond acceptors (Lipinski definition) is 2. The van der Waals surface area contributed by atoms with Crippen LogP contribution in [-0.4, -0.2) is 17.6 Å². The molecule has 2 aromatic carbocycles. The van der Waals surface area contributed by atoms with Crippen LogP contribution in [-0.2, 0) is 13.0 Å². The first-order chi connectivity index (χ1) is 10.2. The van der Waals surface area contributed by atoms with Crippen molar-refractivity contribution in [2.24, 2.45) is 0 Å². The van der Waals surface area contributed by atoms with Crippen molar-refractivity contribution in [1.82, 2.24) is 0 Å². The van der Waals surface area contributed by atoms with Gasteiger partial charge in [0.1, 0.15) is 0 Å². The monoisotopic (exact) mass is 345 g/mol. The largest absolute Gasteiger partial charge is 0.478 e. The lowest BCUT2D eigenvalue weighted by molar-refractivity contribution is 0.0696. The number of benzene rings is 2. The van der Waals surface area contributed by atoms with Crippen LogP contribution in [0.1, 0.15) is 27.9 Å². The number of fused-ring (bicyclic) bond motifs is 1. The second kappa shape index (κ2) is 5.90. The molecule has 0 radical (unpaired) electrons. The van der Waals surface area contributed by atoms with Gasteiger partial charge >= 0.3 is 5.97 Å². The summed E-state index contributed by atoms with van der Waals surface area (Å²) in [5.41, 5.74) is 3.78. The molecule has 1 N–H and O–H groups in total. The average Bonchev–Trinajstić information content (AvgIpc) is 2.68. The summed E-state index contributed by atoms with van der Waals surface area (Å²) in [5, 5.41) is 9.49. The molecule has 0 atom stereocenters. The van der Waals surface area contributed by atoms with Crippen LogP contribution < -0.4 is 4.90 Å². The predicted octanol–water partition coefficient (Wildman–Crippen LogP) is 4.10. The molecular formula is C17H16BrNO2. The van der Waals surface area contributed by atoms with Crippen molar-refractivity contribution >= 4 is 27.6 Å². The van der Waals surface area contributed by atoms with Gasteiger partial charge in [0, 0.05) is 17.6 Å². The van der Waals surface area contributed by atoms with Crippen molar-refractivity contribution in [3.05, 3.63) is 63.6 Å². The van der Waals surface area contributed by atoms with Crippen LogP contribution in [0, 0.1) is 0 Å². The quantitative estimate of drug-likeness (QED) is 0.890. The molecule has 21 heavy (non-hydrogen) atoms. The molecule has 0 saturated carbocycles. The highest BCUT2D eigenvalue weighted by molar-refractivity contribution is 9.10. The highest BCUT2D eigenvalue weighted by atomic mass is 79.9. The lowest BCUT2D eigenvalue weighted by Gasteiger charge is -2.25. The smallest absolute Gasteiger partial charge is 0.338 e. The van der Waals surface area contributed by atoms with Gasteiger partial charge in [-0.05, 0) is 52.0 Å². The normalized spacial score (nSPS) is 14.4. The van der Waals surface area contributed by atoms with Crippen molar-refractivity contribution in [2.45, 2.75) is 19.4 Å². The molecule has 1 heterocycles. The number of nitrogens with zero attached hydrogens (tertiary/aromatic N) is 1. The molecule has 0 unspecified atom stereocenters. The van der Waals surface area contributed by atoms with Gasteiger partial charge in [0.05, 0.1) is 11.3 Å². The molecule has 1 aliphatic rings. The van der Waals surface area contributed by atoms with Crippen LogP contribution in [0.2, 0.25) is 0 Å². The van der Waals surface area contributed by atoms with Gasteiger partial charge in [0.15, 0.2) is 0 Å². The lowest BCUT2D eigenvalue weighted by Crippen LogP contribution is -2.24. The Hall–Kier alpha value is -1.81. The Bertz CT molecular complexity index is 684. The van der Waals surface area contributed by atoms with Crippen LogP contribution >= 0.6 is 15.9 Å². The van der Waals surface area contributed by atoms with E-state index in [1.807, 2.05) is 18.2 Å². The molecule has 3 nitrogen and oxygen atoms in total. The summed E-state index contributed by atoms with van der Waals surface area (Å²) in [6, 6.07) is 14.0. The van der Waals surface area contributed by atoms with Gasteiger partial charge in [-0.2, -0.15) is 0 Å². The number of carboxylic acids is 1.